The quantitative estimate of drug-likeness (QED) is 0.318. The van der Waals surface area contributed by atoms with Gasteiger partial charge in [-0.05, 0) is 17.7 Å². The second kappa shape index (κ2) is 4.70. The highest BCUT2D eigenvalue weighted by Gasteiger charge is 2.02. The molecule has 78 valence electrons. The molecule has 0 unspecified atom stereocenters. The molecule has 0 spiro atoms. The number of non-ortho nitro benzene ring substituents is 1. The Morgan fingerprint density at radius 3 is 2.40 bits per heavy atom. The van der Waals surface area contributed by atoms with Crippen molar-refractivity contribution in [3.05, 3.63) is 39.9 Å². The Hall–Kier alpha value is -2.44. The van der Waals surface area contributed by atoms with Crippen LogP contribution in [0.5, 0.6) is 0 Å². The Bertz CT molecular complexity index is 406. The molecular formula is C8H9N5O2. The molecule has 1 rings (SSSR count). The van der Waals surface area contributed by atoms with Gasteiger partial charge >= 0.3 is 0 Å². The Morgan fingerprint density at radius 1 is 1.33 bits per heavy atom. The van der Waals surface area contributed by atoms with Crippen molar-refractivity contribution >= 4 is 17.9 Å². The fourth-order valence-electron chi connectivity index (χ4n) is 0.844. The van der Waals surface area contributed by atoms with Crippen molar-refractivity contribution in [2.75, 3.05) is 0 Å². The third-order valence-electron chi connectivity index (χ3n) is 1.48. The van der Waals surface area contributed by atoms with Gasteiger partial charge in [0.2, 0.25) is 5.96 Å². The van der Waals surface area contributed by atoms with Gasteiger partial charge in [0.25, 0.3) is 5.69 Å². The lowest BCUT2D eigenvalue weighted by Gasteiger charge is -1.91. The number of nitrogens with two attached hydrogens (primary N) is 2. The third-order valence-corrected chi connectivity index (χ3v) is 1.48. The zero-order valence-corrected chi connectivity index (χ0v) is 7.70. The van der Waals surface area contributed by atoms with Gasteiger partial charge in [0, 0.05) is 12.1 Å². The summed E-state index contributed by atoms with van der Waals surface area (Å²) in [5, 5.41) is 17.3. The largest absolute Gasteiger partial charge is 0.369 e. The summed E-state index contributed by atoms with van der Waals surface area (Å²) in [5.74, 6) is -0.145. The van der Waals surface area contributed by atoms with Gasteiger partial charge in [-0.15, -0.1) is 5.10 Å². The van der Waals surface area contributed by atoms with E-state index in [1.807, 2.05) is 0 Å². The summed E-state index contributed by atoms with van der Waals surface area (Å²) < 4.78 is 0. The Balaban J connectivity index is 2.77. The van der Waals surface area contributed by atoms with Crippen LogP contribution >= 0.6 is 0 Å². The van der Waals surface area contributed by atoms with Crippen molar-refractivity contribution in [3.8, 4) is 0 Å². The maximum atomic E-state index is 10.3. The number of nitrogens with zero attached hydrogens (tertiary/aromatic N) is 3. The lowest BCUT2D eigenvalue weighted by molar-refractivity contribution is -0.384. The smallest absolute Gasteiger partial charge is 0.269 e. The minimum atomic E-state index is -0.475. The molecule has 0 aliphatic heterocycles. The van der Waals surface area contributed by atoms with Gasteiger partial charge in [-0.3, -0.25) is 10.1 Å². The summed E-state index contributed by atoms with van der Waals surface area (Å²) in [6.45, 7) is 0. The first-order chi connectivity index (χ1) is 7.09. The normalized spacial score (nSPS) is 10.1. The van der Waals surface area contributed by atoms with Crippen molar-refractivity contribution < 1.29 is 4.92 Å². The minimum Gasteiger partial charge on any atom is -0.369 e. The number of nitro benzene ring substituents is 1. The van der Waals surface area contributed by atoms with Crippen LogP contribution in [-0.2, 0) is 0 Å². The van der Waals surface area contributed by atoms with Crippen molar-refractivity contribution in [3.63, 3.8) is 0 Å². The van der Waals surface area contributed by atoms with Crippen LogP contribution in [0.1, 0.15) is 5.56 Å². The molecule has 0 saturated carbocycles. The van der Waals surface area contributed by atoms with E-state index in [-0.39, 0.29) is 11.6 Å². The van der Waals surface area contributed by atoms with Crippen molar-refractivity contribution in [2.24, 2.45) is 21.7 Å². The van der Waals surface area contributed by atoms with E-state index in [2.05, 4.69) is 10.2 Å². The lowest BCUT2D eigenvalue weighted by atomic mass is 10.2. The molecular weight excluding hydrogens is 198 g/mol. The molecule has 1 aromatic carbocycles. The fourth-order valence-corrected chi connectivity index (χ4v) is 0.844. The third kappa shape index (κ3) is 3.43. The Morgan fingerprint density at radius 2 is 1.93 bits per heavy atom. The second-order valence-electron chi connectivity index (χ2n) is 2.62. The molecule has 0 aromatic heterocycles. The zero-order valence-electron chi connectivity index (χ0n) is 7.70. The van der Waals surface area contributed by atoms with Crippen LogP contribution in [0.3, 0.4) is 0 Å². The van der Waals surface area contributed by atoms with E-state index in [4.69, 9.17) is 11.5 Å². The monoisotopic (exact) mass is 207 g/mol. The first kappa shape index (κ1) is 10.6. The molecule has 0 bridgehead atoms. The van der Waals surface area contributed by atoms with Crippen LogP contribution in [-0.4, -0.2) is 17.1 Å². The zero-order chi connectivity index (χ0) is 11.3. The van der Waals surface area contributed by atoms with Gasteiger partial charge < -0.3 is 11.5 Å². The standard InChI is InChI=1S/C8H9N5O2/c9-8(10)12-11-5-6-1-3-7(4-2-6)13(14)15/h1-5H,(H4,9,10,12)/b11-5-. The van der Waals surface area contributed by atoms with E-state index < -0.39 is 4.92 Å². The molecule has 4 N–H and O–H groups in total. The van der Waals surface area contributed by atoms with Crippen LogP contribution in [0.15, 0.2) is 34.5 Å². The molecule has 7 heteroatoms. The maximum absolute atomic E-state index is 10.3. The number of guanidine groups is 1. The topological polar surface area (TPSA) is 120 Å². The van der Waals surface area contributed by atoms with Crippen LogP contribution in [0.4, 0.5) is 5.69 Å². The van der Waals surface area contributed by atoms with Crippen LogP contribution in [0, 0.1) is 10.1 Å². The van der Waals surface area contributed by atoms with Gasteiger partial charge in [-0.25, -0.2) is 0 Å². The number of benzene rings is 1. The molecule has 0 heterocycles. The molecule has 1 aromatic rings. The van der Waals surface area contributed by atoms with Crippen LogP contribution in [0.2, 0.25) is 0 Å². The van der Waals surface area contributed by atoms with E-state index >= 15 is 0 Å². The predicted molar refractivity (Wildman–Crippen MR) is 56.5 cm³/mol. The average molecular weight is 207 g/mol. The summed E-state index contributed by atoms with van der Waals surface area (Å²) in [5.41, 5.74) is 10.8. The van der Waals surface area contributed by atoms with E-state index in [0.717, 1.165) is 0 Å². The first-order valence-corrected chi connectivity index (χ1v) is 3.96. The Kier molecular flexibility index (Phi) is 3.33. The van der Waals surface area contributed by atoms with E-state index in [1.165, 1.54) is 18.3 Å². The summed E-state index contributed by atoms with van der Waals surface area (Å²) in [6.07, 6.45) is 1.39. The fraction of sp³-hybridized carbons (Fsp3) is 0. The second-order valence-corrected chi connectivity index (χ2v) is 2.62. The number of rotatable bonds is 3. The van der Waals surface area contributed by atoms with Crippen molar-refractivity contribution in [1.82, 2.24) is 0 Å². The molecule has 0 atom stereocenters. The molecule has 0 fully saturated rings. The molecule has 0 aliphatic rings. The highest BCUT2D eigenvalue weighted by molar-refractivity contribution is 5.81. The molecule has 0 amide bonds. The van der Waals surface area contributed by atoms with Crippen molar-refractivity contribution in [1.29, 1.82) is 0 Å². The van der Waals surface area contributed by atoms with Gasteiger partial charge in [-0.2, -0.15) is 5.10 Å². The first-order valence-electron chi connectivity index (χ1n) is 3.96. The van der Waals surface area contributed by atoms with Gasteiger partial charge in [0.1, 0.15) is 0 Å². The lowest BCUT2D eigenvalue weighted by Crippen LogP contribution is -2.21. The summed E-state index contributed by atoms with van der Waals surface area (Å²) >= 11 is 0. The maximum Gasteiger partial charge on any atom is 0.269 e. The molecule has 0 radical (unpaired) electrons. The molecule has 7 nitrogen and oxygen atoms in total. The summed E-state index contributed by atoms with van der Waals surface area (Å²) in [7, 11) is 0. The van der Waals surface area contributed by atoms with E-state index in [0.29, 0.717) is 5.56 Å². The van der Waals surface area contributed by atoms with Crippen LogP contribution < -0.4 is 11.5 Å². The molecule has 0 saturated heterocycles. The predicted octanol–water partition coefficient (Wildman–Crippen LogP) is 0.202. The SMILES string of the molecule is NC(N)=N/N=C\c1ccc([N+](=O)[O-])cc1. The van der Waals surface area contributed by atoms with Gasteiger partial charge in [-0.1, -0.05) is 0 Å². The van der Waals surface area contributed by atoms with E-state index in [9.17, 15) is 10.1 Å². The van der Waals surface area contributed by atoms with Crippen molar-refractivity contribution in [2.45, 2.75) is 0 Å². The van der Waals surface area contributed by atoms with Gasteiger partial charge in [0.15, 0.2) is 0 Å². The van der Waals surface area contributed by atoms with Crippen LogP contribution in [0.25, 0.3) is 0 Å². The van der Waals surface area contributed by atoms with E-state index in [1.54, 1.807) is 12.1 Å². The highest BCUT2D eigenvalue weighted by atomic mass is 16.6. The number of hydrogen-bond donors (Lipinski definition) is 2. The molecule has 15 heavy (non-hydrogen) atoms. The number of nitro groups is 1. The summed E-state index contributed by atoms with van der Waals surface area (Å²) in [4.78, 5) is 9.86. The highest BCUT2D eigenvalue weighted by Crippen LogP contribution is 2.10. The number of hydrogen-bond acceptors (Lipinski definition) is 4. The van der Waals surface area contributed by atoms with Gasteiger partial charge in [0.05, 0.1) is 11.1 Å². The molecule has 0 aliphatic carbocycles. The summed E-state index contributed by atoms with van der Waals surface area (Å²) in [6, 6.07) is 5.83. The average Bonchev–Trinajstić information content (AvgIpc) is 2.18. The Labute approximate surface area is 85.3 Å². The minimum absolute atomic E-state index is 0.0222.